The van der Waals surface area contributed by atoms with Gasteiger partial charge in [-0.2, -0.15) is 0 Å². The van der Waals surface area contributed by atoms with Crippen molar-refractivity contribution in [1.29, 1.82) is 0 Å². The minimum Gasteiger partial charge on any atom is -0.0654 e. The van der Waals surface area contributed by atoms with Crippen molar-refractivity contribution < 1.29 is 0 Å². The molecule has 0 bridgehead atoms. The molecule has 2 atom stereocenters. The van der Waals surface area contributed by atoms with Crippen LogP contribution in [0.3, 0.4) is 0 Å². The molecule has 0 saturated heterocycles. The second kappa shape index (κ2) is 7.31. The maximum absolute atomic E-state index is 2.60. The van der Waals surface area contributed by atoms with E-state index < -0.39 is 0 Å². The summed E-state index contributed by atoms with van der Waals surface area (Å²) in [6.45, 7) is 4.67. The van der Waals surface area contributed by atoms with Crippen molar-refractivity contribution in [2.75, 3.05) is 0 Å². The van der Waals surface area contributed by atoms with Crippen molar-refractivity contribution in [3.8, 4) is 0 Å². The van der Waals surface area contributed by atoms with Gasteiger partial charge in [0.2, 0.25) is 0 Å². The van der Waals surface area contributed by atoms with Crippen LogP contribution in [-0.4, -0.2) is 0 Å². The minimum absolute atomic E-state index is 0.963. The van der Waals surface area contributed by atoms with Crippen LogP contribution in [0.1, 0.15) is 71.6 Å². The molecule has 0 spiro atoms. The summed E-state index contributed by atoms with van der Waals surface area (Å²) >= 11 is 0. The topological polar surface area (TPSA) is 0 Å². The van der Waals surface area contributed by atoms with Crippen molar-refractivity contribution in [1.82, 2.24) is 0 Å². The molecule has 0 amide bonds. The fourth-order valence-electron chi connectivity index (χ4n) is 2.65. The van der Waals surface area contributed by atoms with Gasteiger partial charge in [-0.15, -0.1) is 0 Å². The van der Waals surface area contributed by atoms with Gasteiger partial charge >= 0.3 is 0 Å². The van der Waals surface area contributed by atoms with Gasteiger partial charge in [0.1, 0.15) is 0 Å². The molecule has 1 radical (unpaired) electrons. The quantitative estimate of drug-likeness (QED) is 0.560. The van der Waals surface area contributed by atoms with Crippen LogP contribution < -0.4 is 0 Å². The highest BCUT2D eigenvalue weighted by molar-refractivity contribution is 4.82. The summed E-state index contributed by atoms with van der Waals surface area (Å²) in [4.78, 5) is 0. The molecule has 1 rings (SSSR count). The summed E-state index contributed by atoms with van der Waals surface area (Å²) in [5.74, 6) is 1.97. The lowest BCUT2D eigenvalue weighted by Crippen LogP contribution is -2.12. The molecule has 0 nitrogen and oxygen atoms in total. The average molecular weight is 195 g/mol. The van der Waals surface area contributed by atoms with E-state index in [1.807, 2.05) is 0 Å². The Labute approximate surface area is 90.5 Å². The van der Waals surface area contributed by atoms with Crippen LogP contribution in [0.5, 0.6) is 0 Å². The third kappa shape index (κ3) is 4.48. The van der Waals surface area contributed by atoms with Gasteiger partial charge in [-0.3, -0.25) is 0 Å². The Kier molecular flexibility index (Phi) is 6.31. The van der Waals surface area contributed by atoms with Crippen molar-refractivity contribution in [2.24, 2.45) is 11.8 Å². The molecule has 0 heterocycles. The normalized spacial score (nSPS) is 21.0. The first kappa shape index (κ1) is 12.1. The molecule has 0 aromatic heterocycles. The van der Waals surface area contributed by atoms with Gasteiger partial charge in [0.25, 0.3) is 0 Å². The number of hydrogen-bond acceptors (Lipinski definition) is 0. The molecule has 1 saturated carbocycles. The van der Waals surface area contributed by atoms with Gasteiger partial charge in [-0.1, -0.05) is 58.8 Å². The second-order valence-corrected chi connectivity index (χ2v) is 4.93. The molecule has 1 fully saturated rings. The van der Waals surface area contributed by atoms with E-state index in [1.165, 1.54) is 57.8 Å². The van der Waals surface area contributed by atoms with E-state index >= 15 is 0 Å². The van der Waals surface area contributed by atoms with E-state index in [0.717, 1.165) is 11.8 Å². The zero-order valence-electron chi connectivity index (χ0n) is 10.1. The fraction of sp³-hybridized carbons (Fsp3) is 0.929. The Morgan fingerprint density at radius 2 is 2.14 bits per heavy atom. The Morgan fingerprint density at radius 3 is 2.71 bits per heavy atom. The van der Waals surface area contributed by atoms with Gasteiger partial charge in [0.15, 0.2) is 0 Å². The highest BCUT2D eigenvalue weighted by atomic mass is 14.2. The lowest BCUT2D eigenvalue weighted by molar-refractivity contribution is 0.320. The molecule has 83 valence electrons. The van der Waals surface area contributed by atoms with E-state index in [2.05, 4.69) is 20.3 Å². The van der Waals surface area contributed by atoms with Gasteiger partial charge in [0.05, 0.1) is 0 Å². The fourth-order valence-corrected chi connectivity index (χ4v) is 2.65. The Morgan fingerprint density at radius 1 is 1.29 bits per heavy atom. The Bertz CT molecular complexity index is 122. The van der Waals surface area contributed by atoms with Crippen LogP contribution in [-0.2, 0) is 0 Å². The van der Waals surface area contributed by atoms with E-state index in [4.69, 9.17) is 0 Å². The largest absolute Gasteiger partial charge is 0.0654 e. The van der Waals surface area contributed by atoms with Crippen LogP contribution in [0.15, 0.2) is 0 Å². The van der Waals surface area contributed by atoms with Crippen molar-refractivity contribution in [2.45, 2.75) is 71.6 Å². The molecule has 14 heavy (non-hydrogen) atoms. The van der Waals surface area contributed by atoms with Crippen LogP contribution in [0.25, 0.3) is 0 Å². The maximum Gasteiger partial charge on any atom is -0.0355 e. The molecule has 0 aliphatic heterocycles. The molecule has 0 aromatic rings. The summed E-state index contributed by atoms with van der Waals surface area (Å²) in [6.07, 6.45) is 15.5. The summed E-state index contributed by atoms with van der Waals surface area (Å²) < 4.78 is 0. The average Bonchev–Trinajstić information content (AvgIpc) is 2.25. The van der Waals surface area contributed by atoms with E-state index in [0.29, 0.717) is 0 Å². The van der Waals surface area contributed by atoms with Gasteiger partial charge < -0.3 is 0 Å². The predicted molar refractivity (Wildman–Crippen MR) is 64.2 cm³/mol. The van der Waals surface area contributed by atoms with Crippen LogP contribution in [0.4, 0.5) is 0 Å². The number of unbranched alkanes of at least 4 members (excludes halogenated alkanes) is 1. The third-order valence-corrected chi connectivity index (χ3v) is 3.71. The predicted octanol–water partition coefficient (Wildman–Crippen LogP) is 4.99. The molecule has 1 aliphatic rings. The van der Waals surface area contributed by atoms with Gasteiger partial charge in [-0.05, 0) is 31.1 Å². The summed E-state index contributed by atoms with van der Waals surface area (Å²) in [5.41, 5.74) is 0. The summed E-state index contributed by atoms with van der Waals surface area (Å²) in [5, 5.41) is 0. The first-order chi connectivity index (χ1) is 6.86. The minimum atomic E-state index is 0.963. The zero-order valence-corrected chi connectivity index (χ0v) is 10.1. The zero-order chi connectivity index (χ0) is 10.2. The lowest BCUT2D eigenvalue weighted by atomic mass is 9.80. The van der Waals surface area contributed by atoms with Crippen LogP contribution >= 0.6 is 0 Å². The van der Waals surface area contributed by atoms with Crippen molar-refractivity contribution in [3.05, 3.63) is 6.42 Å². The van der Waals surface area contributed by atoms with Gasteiger partial charge in [0, 0.05) is 0 Å². The Balaban J connectivity index is 2.16. The third-order valence-electron chi connectivity index (χ3n) is 3.71. The highest BCUT2D eigenvalue weighted by Gasteiger charge is 2.17. The van der Waals surface area contributed by atoms with Gasteiger partial charge in [-0.25, -0.2) is 0 Å². The molecule has 0 N–H and O–H groups in total. The van der Waals surface area contributed by atoms with Crippen molar-refractivity contribution >= 4 is 0 Å². The first-order valence-electron chi connectivity index (χ1n) is 6.70. The summed E-state index contributed by atoms with van der Waals surface area (Å²) in [7, 11) is 0. The van der Waals surface area contributed by atoms with Crippen LogP contribution in [0.2, 0.25) is 0 Å². The molecular weight excluding hydrogens is 168 g/mol. The SMILES string of the molecule is CCCCC(CC)CC1[CH]CCCC1. The van der Waals surface area contributed by atoms with Crippen molar-refractivity contribution in [3.63, 3.8) is 0 Å². The second-order valence-electron chi connectivity index (χ2n) is 4.93. The first-order valence-corrected chi connectivity index (χ1v) is 6.70. The maximum atomic E-state index is 2.60. The summed E-state index contributed by atoms with van der Waals surface area (Å²) in [6, 6.07) is 0. The van der Waals surface area contributed by atoms with E-state index in [9.17, 15) is 0 Å². The Hall–Kier alpha value is 0. The number of rotatable bonds is 6. The molecule has 0 aromatic carbocycles. The molecule has 1 aliphatic carbocycles. The molecule has 2 unspecified atom stereocenters. The standard InChI is InChI=1S/C14H27/c1-3-5-9-13(4-2)12-14-10-7-6-8-11-14/h10,13-14H,3-9,11-12H2,1-2H3. The molecule has 0 heteroatoms. The van der Waals surface area contributed by atoms with E-state index in [-0.39, 0.29) is 0 Å². The van der Waals surface area contributed by atoms with Crippen LogP contribution in [0, 0.1) is 18.3 Å². The number of hydrogen-bond donors (Lipinski definition) is 0. The lowest BCUT2D eigenvalue weighted by Gasteiger charge is -2.25. The monoisotopic (exact) mass is 195 g/mol. The van der Waals surface area contributed by atoms with E-state index in [1.54, 1.807) is 0 Å². The highest BCUT2D eigenvalue weighted by Crippen LogP contribution is 2.31. The smallest absolute Gasteiger partial charge is 0.0355 e. The molecular formula is C14H27.